The number of hydrogen-bond donors (Lipinski definition) is 1. The van der Waals surface area contributed by atoms with Gasteiger partial charge in [-0.15, -0.1) is 0 Å². The average molecular weight is 395 g/mol. The van der Waals surface area contributed by atoms with E-state index in [9.17, 15) is 9.59 Å². The Hall–Kier alpha value is -3.13. The first kappa shape index (κ1) is 19.2. The highest BCUT2D eigenvalue weighted by molar-refractivity contribution is 5.98. The maximum absolute atomic E-state index is 12.9. The molecule has 4 rings (SSSR count). The lowest BCUT2D eigenvalue weighted by Gasteiger charge is -2.34. The molecule has 1 aliphatic heterocycles. The molecule has 8 nitrogen and oxygen atoms in total. The first-order valence-electron chi connectivity index (χ1n) is 9.76. The van der Waals surface area contributed by atoms with Crippen molar-refractivity contribution in [1.82, 2.24) is 24.6 Å². The third-order valence-electron chi connectivity index (χ3n) is 5.35. The van der Waals surface area contributed by atoms with E-state index in [1.807, 2.05) is 36.1 Å². The van der Waals surface area contributed by atoms with Crippen molar-refractivity contribution in [3.05, 3.63) is 58.1 Å². The molecule has 3 heterocycles. The summed E-state index contributed by atoms with van der Waals surface area (Å²) in [4.78, 5) is 32.1. The molecule has 29 heavy (non-hydrogen) atoms. The molecule has 1 aromatic carbocycles. The van der Waals surface area contributed by atoms with Crippen molar-refractivity contribution in [3.8, 4) is 5.75 Å². The molecule has 0 saturated carbocycles. The Bertz CT molecular complexity index is 1080. The summed E-state index contributed by atoms with van der Waals surface area (Å²) in [5.41, 5.74) is 2.23. The van der Waals surface area contributed by atoms with Crippen LogP contribution >= 0.6 is 0 Å². The standard InChI is InChI=1S/C21H25N5O3/c1-15-3-6-20(27)26(23-15)12-9-24-7-10-25(11-8-24)21(28)19-13-16-4-5-17(29-2)14-18(16)22-19/h3-6,13-14,22H,7-12H2,1-2H3. The highest BCUT2D eigenvalue weighted by Gasteiger charge is 2.23. The number of benzene rings is 1. The second-order valence-electron chi connectivity index (χ2n) is 7.31. The topological polar surface area (TPSA) is 83.5 Å². The second kappa shape index (κ2) is 8.08. The Morgan fingerprint density at radius 2 is 1.90 bits per heavy atom. The van der Waals surface area contributed by atoms with Crippen LogP contribution in [0.15, 0.2) is 41.2 Å². The summed E-state index contributed by atoms with van der Waals surface area (Å²) in [6, 6.07) is 10.9. The minimum atomic E-state index is -0.0835. The number of aromatic nitrogens is 3. The number of aromatic amines is 1. The van der Waals surface area contributed by atoms with Crippen LogP contribution in [0.3, 0.4) is 0 Å². The number of nitrogens with zero attached hydrogens (tertiary/aromatic N) is 4. The van der Waals surface area contributed by atoms with E-state index in [1.165, 1.54) is 4.68 Å². The van der Waals surface area contributed by atoms with E-state index in [4.69, 9.17) is 4.74 Å². The molecular weight excluding hydrogens is 370 g/mol. The number of ether oxygens (including phenoxy) is 1. The maximum atomic E-state index is 12.9. The van der Waals surface area contributed by atoms with Gasteiger partial charge in [-0.25, -0.2) is 4.68 Å². The largest absolute Gasteiger partial charge is 0.497 e. The van der Waals surface area contributed by atoms with Gasteiger partial charge in [0.15, 0.2) is 0 Å². The van der Waals surface area contributed by atoms with Crippen molar-refractivity contribution in [1.29, 1.82) is 0 Å². The van der Waals surface area contributed by atoms with E-state index in [0.29, 0.717) is 25.3 Å². The average Bonchev–Trinajstić information content (AvgIpc) is 3.17. The smallest absolute Gasteiger partial charge is 0.270 e. The second-order valence-corrected chi connectivity index (χ2v) is 7.31. The zero-order valence-electron chi connectivity index (χ0n) is 16.7. The molecule has 0 unspecified atom stereocenters. The van der Waals surface area contributed by atoms with Crippen LogP contribution in [-0.2, 0) is 6.54 Å². The summed E-state index contributed by atoms with van der Waals surface area (Å²) >= 11 is 0. The van der Waals surface area contributed by atoms with Crippen LogP contribution in [0.25, 0.3) is 10.9 Å². The lowest BCUT2D eigenvalue weighted by molar-refractivity contribution is 0.0626. The number of hydrogen-bond acceptors (Lipinski definition) is 5. The van der Waals surface area contributed by atoms with Gasteiger partial charge in [0.2, 0.25) is 0 Å². The van der Waals surface area contributed by atoms with Crippen molar-refractivity contribution in [2.45, 2.75) is 13.5 Å². The first-order valence-corrected chi connectivity index (χ1v) is 9.76. The number of piperazine rings is 1. The van der Waals surface area contributed by atoms with Crippen LogP contribution in [-0.4, -0.2) is 70.3 Å². The van der Waals surface area contributed by atoms with Crippen LogP contribution in [0.5, 0.6) is 5.75 Å². The van der Waals surface area contributed by atoms with E-state index >= 15 is 0 Å². The monoisotopic (exact) mass is 395 g/mol. The summed E-state index contributed by atoms with van der Waals surface area (Å²) in [5.74, 6) is 0.769. The molecule has 1 fully saturated rings. The molecule has 1 amide bonds. The van der Waals surface area contributed by atoms with Gasteiger partial charge in [-0.3, -0.25) is 14.5 Å². The Balaban J connectivity index is 1.35. The van der Waals surface area contributed by atoms with Gasteiger partial charge in [0.1, 0.15) is 11.4 Å². The van der Waals surface area contributed by atoms with Gasteiger partial charge in [-0.1, -0.05) is 0 Å². The number of carbonyl (C=O) groups is 1. The van der Waals surface area contributed by atoms with E-state index in [-0.39, 0.29) is 11.5 Å². The summed E-state index contributed by atoms with van der Waals surface area (Å²) < 4.78 is 6.75. The Labute approximate surface area is 168 Å². The van der Waals surface area contributed by atoms with Gasteiger partial charge in [-0.05, 0) is 31.2 Å². The molecule has 0 atom stereocenters. The Morgan fingerprint density at radius 3 is 2.66 bits per heavy atom. The molecule has 0 radical (unpaired) electrons. The summed E-state index contributed by atoms with van der Waals surface area (Å²) in [5, 5.41) is 5.26. The molecule has 1 N–H and O–H groups in total. The third kappa shape index (κ3) is 4.17. The maximum Gasteiger partial charge on any atom is 0.270 e. The van der Waals surface area contributed by atoms with Gasteiger partial charge in [0, 0.05) is 55.8 Å². The number of fused-ring (bicyclic) bond motifs is 1. The van der Waals surface area contributed by atoms with E-state index in [2.05, 4.69) is 15.0 Å². The van der Waals surface area contributed by atoms with Gasteiger partial charge in [-0.2, -0.15) is 5.10 Å². The molecule has 1 saturated heterocycles. The predicted octanol–water partition coefficient (Wildman–Crippen LogP) is 1.50. The highest BCUT2D eigenvalue weighted by Crippen LogP contribution is 2.22. The van der Waals surface area contributed by atoms with Crippen molar-refractivity contribution in [3.63, 3.8) is 0 Å². The van der Waals surface area contributed by atoms with Crippen LogP contribution in [0.4, 0.5) is 0 Å². The Kier molecular flexibility index (Phi) is 5.35. The highest BCUT2D eigenvalue weighted by atomic mass is 16.5. The molecule has 0 bridgehead atoms. The fraction of sp³-hybridized carbons (Fsp3) is 0.381. The normalized spacial score (nSPS) is 15.0. The van der Waals surface area contributed by atoms with E-state index in [0.717, 1.165) is 42.0 Å². The van der Waals surface area contributed by atoms with Crippen LogP contribution in [0, 0.1) is 6.92 Å². The molecule has 1 aliphatic rings. The van der Waals surface area contributed by atoms with Crippen molar-refractivity contribution < 1.29 is 9.53 Å². The number of H-pyrrole nitrogens is 1. The summed E-state index contributed by atoms with van der Waals surface area (Å²) in [6.07, 6.45) is 0. The number of methoxy groups -OCH3 is 1. The molecular formula is C21H25N5O3. The quantitative estimate of drug-likeness (QED) is 0.708. The summed E-state index contributed by atoms with van der Waals surface area (Å²) in [6.45, 7) is 6.05. The SMILES string of the molecule is COc1ccc2cc(C(=O)N3CCN(CCn4nc(C)ccc4=O)CC3)[nH]c2c1. The lowest BCUT2D eigenvalue weighted by Crippen LogP contribution is -2.49. The van der Waals surface area contributed by atoms with Gasteiger partial charge < -0.3 is 14.6 Å². The molecule has 0 spiro atoms. The van der Waals surface area contributed by atoms with E-state index < -0.39 is 0 Å². The van der Waals surface area contributed by atoms with Crippen molar-refractivity contribution in [2.75, 3.05) is 39.8 Å². The van der Waals surface area contributed by atoms with Crippen LogP contribution in [0.2, 0.25) is 0 Å². The first-order chi connectivity index (χ1) is 14.0. The molecule has 3 aromatic rings. The van der Waals surface area contributed by atoms with Crippen LogP contribution in [0.1, 0.15) is 16.2 Å². The van der Waals surface area contributed by atoms with Gasteiger partial charge in [0.05, 0.1) is 19.3 Å². The number of amides is 1. The number of aryl methyl sites for hydroxylation is 1. The molecule has 2 aromatic heterocycles. The lowest BCUT2D eigenvalue weighted by atomic mass is 10.2. The zero-order valence-corrected chi connectivity index (χ0v) is 16.7. The number of nitrogens with one attached hydrogen (secondary N) is 1. The van der Waals surface area contributed by atoms with Crippen molar-refractivity contribution >= 4 is 16.8 Å². The van der Waals surface area contributed by atoms with Crippen molar-refractivity contribution in [2.24, 2.45) is 0 Å². The van der Waals surface area contributed by atoms with Gasteiger partial charge in [0.25, 0.3) is 11.5 Å². The van der Waals surface area contributed by atoms with Gasteiger partial charge >= 0.3 is 0 Å². The van der Waals surface area contributed by atoms with Crippen LogP contribution < -0.4 is 10.3 Å². The fourth-order valence-electron chi connectivity index (χ4n) is 3.64. The molecule has 152 valence electrons. The molecule has 8 heteroatoms. The molecule has 0 aliphatic carbocycles. The fourth-order valence-corrected chi connectivity index (χ4v) is 3.64. The predicted molar refractivity (Wildman–Crippen MR) is 110 cm³/mol. The number of carbonyl (C=O) groups excluding carboxylic acids is 1. The third-order valence-corrected chi connectivity index (χ3v) is 5.35. The Morgan fingerprint density at radius 1 is 1.10 bits per heavy atom. The zero-order chi connectivity index (χ0) is 20.4. The number of rotatable bonds is 5. The minimum absolute atomic E-state index is 0.0105. The minimum Gasteiger partial charge on any atom is -0.497 e. The van der Waals surface area contributed by atoms with E-state index in [1.54, 1.807) is 19.2 Å². The summed E-state index contributed by atoms with van der Waals surface area (Å²) in [7, 11) is 1.63.